The lowest BCUT2D eigenvalue weighted by Crippen LogP contribution is -2.39. The molecule has 108 valence electrons. The van der Waals surface area contributed by atoms with Crippen molar-refractivity contribution in [2.75, 3.05) is 25.5 Å². The molecule has 0 aliphatic rings. The fourth-order valence-electron chi connectivity index (χ4n) is 1.31. The third-order valence-corrected chi connectivity index (χ3v) is 2.56. The number of carboxylic acid groups (broad SMARTS) is 1. The number of anilines is 1. The average molecular weight is 280 g/mol. The molecule has 20 heavy (non-hydrogen) atoms. The van der Waals surface area contributed by atoms with E-state index in [0.29, 0.717) is 6.54 Å². The number of amides is 3. The zero-order chi connectivity index (χ0) is 15.1. The van der Waals surface area contributed by atoms with Crippen LogP contribution in [0, 0.1) is 0 Å². The summed E-state index contributed by atoms with van der Waals surface area (Å²) in [7, 11) is 1.62. The summed E-state index contributed by atoms with van der Waals surface area (Å²) in [5, 5.41) is 13.6. The third-order valence-electron chi connectivity index (χ3n) is 2.56. The number of nitrogens with zero attached hydrogens (tertiary/aromatic N) is 2. The van der Waals surface area contributed by atoms with Crippen molar-refractivity contribution in [1.29, 1.82) is 0 Å². The Kier molecular flexibility index (Phi) is 5.45. The number of hydrogen-bond acceptors (Lipinski definition) is 4. The number of rotatable bonds is 5. The first-order valence-corrected chi connectivity index (χ1v) is 5.92. The number of carboxylic acids is 1. The van der Waals surface area contributed by atoms with Gasteiger partial charge in [-0.15, -0.1) is 0 Å². The van der Waals surface area contributed by atoms with Crippen LogP contribution in [0.2, 0.25) is 0 Å². The number of aromatic nitrogens is 1. The standard InChI is InChI=1S/C12H16N4O4/c1-3-16(2)9(17)7-14-12(20)15-8-5-4-6-13-10(8)11(18)19/h4-6H,3,7H2,1-2H3,(H,18,19)(H2,14,15,20). The third kappa shape index (κ3) is 4.23. The Hall–Kier alpha value is -2.64. The quantitative estimate of drug-likeness (QED) is 0.722. The van der Waals surface area contributed by atoms with Crippen LogP contribution < -0.4 is 10.6 Å². The first kappa shape index (κ1) is 15.4. The fourth-order valence-corrected chi connectivity index (χ4v) is 1.31. The van der Waals surface area contributed by atoms with E-state index in [1.165, 1.54) is 23.2 Å². The van der Waals surface area contributed by atoms with Crippen molar-refractivity contribution in [3.8, 4) is 0 Å². The van der Waals surface area contributed by atoms with Crippen LogP contribution in [0.5, 0.6) is 0 Å². The topological polar surface area (TPSA) is 112 Å². The Morgan fingerprint density at radius 2 is 2.10 bits per heavy atom. The summed E-state index contributed by atoms with van der Waals surface area (Å²) in [6, 6.07) is 2.24. The number of aromatic carboxylic acids is 1. The maximum Gasteiger partial charge on any atom is 0.356 e. The smallest absolute Gasteiger partial charge is 0.356 e. The molecule has 1 aromatic rings. The predicted molar refractivity (Wildman–Crippen MR) is 71.5 cm³/mol. The Labute approximate surface area is 115 Å². The number of urea groups is 1. The SMILES string of the molecule is CCN(C)C(=O)CNC(=O)Nc1cccnc1C(=O)O. The molecule has 0 fully saturated rings. The van der Waals surface area contributed by atoms with Crippen LogP contribution in [0.15, 0.2) is 18.3 Å². The summed E-state index contributed by atoms with van der Waals surface area (Å²) in [4.78, 5) is 39.1. The number of pyridine rings is 1. The molecule has 3 amide bonds. The van der Waals surface area contributed by atoms with Crippen molar-refractivity contribution in [3.63, 3.8) is 0 Å². The van der Waals surface area contributed by atoms with Crippen molar-refractivity contribution in [1.82, 2.24) is 15.2 Å². The fraction of sp³-hybridized carbons (Fsp3) is 0.333. The molecular formula is C12H16N4O4. The Balaban J connectivity index is 2.59. The maximum absolute atomic E-state index is 11.6. The summed E-state index contributed by atoms with van der Waals surface area (Å²) in [6.07, 6.45) is 1.31. The largest absolute Gasteiger partial charge is 0.476 e. The first-order chi connectivity index (χ1) is 9.45. The second-order valence-corrected chi connectivity index (χ2v) is 3.92. The molecule has 1 aromatic heterocycles. The molecule has 1 rings (SSSR count). The summed E-state index contributed by atoms with van der Waals surface area (Å²) in [5.41, 5.74) is -0.201. The van der Waals surface area contributed by atoms with Crippen LogP contribution in [0.1, 0.15) is 17.4 Å². The minimum absolute atomic E-state index is 0.0637. The van der Waals surface area contributed by atoms with E-state index in [2.05, 4.69) is 15.6 Å². The minimum Gasteiger partial charge on any atom is -0.476 e. The van der Waals surface area contributed by atoms with Gasteiger partial charge in [0, 0.05) is 19.8 Å². The van der Waals surface area contributed by atoms with Gasteiger partial charge in [-0.2, -0.15) is 0 Å². The molecule has 0 bridgehead atoms. The Morgan fingerprint density at radius 1 is 1.40 bits per heavy atom. The molecule has 0 aliphatic heterocycles. The minimum atomic E-state index is -1.25. The van der Waals surface area contributed by atoms with E-state index < -0.39 is 12.0 Å². The number of hydrogen-bond donors (Lipinski definition) is 3. The molecule has 0 saturated carbocycles. The normalized spacial score (nSPS) is 9.70. The van der Waals surface area contributed by atoms with Gasteiger partial charge in [0.05, 0.1) is 12.2 Å². The number of likely N-dealkylation sites (N-methyl/N-ethyl adjacent to an activating group) is 1. The predicted octanol–water partition coefficient (Wildman–Crippen LogP) is 0.380. The van der Waals surface area contributed by atoms with Gasteiger partial charge in [-0.3, -0.25) is 4.79 Å². The van der Waals surface area contributed by atoms with Gasteiger partial charge in [0.2, 0.25) is 5.91 Å². The van der Waals surface area contributed by atoms with Crippen LogP contribution in [-0.4, -0.2) is 53.0 Å². The van der Waals surface area contributed by atoms with Crippen LogP contribution >= 0.6 is 0 Å². The number of carbonyl (C=O) groups is 3. The Morgan fingerprint density at radius 3 is 2.70 bits per heavy atom. The lowest BCUT2D eigenvalue weighted by atomic mass is 10.3. The number of carbonyl (C=O) groups excluding carboxylic acids is 2. The Bertz CT molecular complexity index is 518. The molecule has 0 radical (unpaired) electrons. The van der Waals surface area contributed by atoms with Gasteiger partial charge in [0.15, 0.2) is 5.69 Å². The van der Waals surface area contributed by atoms with E-state index in [1.54, 1.807) is 7.05 Å². The highest BCUT2D eigenvalue weighted by atomic mass is 16.4. The van der Waals surface area contributed by atoms with Crippen molar-refractivity contribution >= 4 is 23.6 Å². The molecule has 0 aliphatic carbocycles. The van der Waals surface area contributed by atoms with Crippen molar-refractivity contribution in [2.24, 2.45) is 0 Å². The molecule has 0 saturated heterocycles. The molecule has 1 heterocycles. The molecular weight excluding hydrogens is 264 g/mol. The first-order valence-electron chi connectivity index (χ1n) is 5.92. The van der Waals surface area contributed by atoms with E-state index in [4.69, 9.17) is 5.11 Å². The lowest BCUT2D eigenvalue weighted by Gasteiger charge is -2.15. The summed E-state index contributed by atoms with van der Waals surface area (Å²) in [6.45, 7) is 2.18. The average Bonchev–Trinajstić information content (AvgIpc) is 2.44. The van der Waals surface area contributed by atoms with E-state index in [-0.39, 0.29) is 23.8 Å². The number of nitrogens with one attached hydrogen (secondary N) is 2. The maximum atomic E-state index is 11.6. The van der Waals surface area contributed by atoms with Gasteiger partial charge >= 0.3 is 12.0 Å². The molecule has 0 aromatic carbocycles. The molecule has 0 unspecified atom stereocenters. The molecule has 3 N–H and O–H groups in total. The van der Waals surface area contributed by atoms with Gasteiger partial charge in [-0.1, -0.05) is 0 Å². The van der Waals surface area contributed by atoms with Gasteiger partial charge in [0.1, 0.15) is 0 Å². The van der Waals surface area contributed by atoms with Gasteiger partial charge < -0.3 is 20.6 Å². The van der Waals surface area contributed by atoms with E-state index in [9.17, 15) is 14.4 Å². The van der Waals surface area contributed by atoms with Crippen LogP contribution in [0.4, 0.5) is 10.5 Å². The second-order valence-electron chi connectivity index (χ2n) is 3.92. The zero-order valence-electron chi connectivity index (χ0n) is 11.2. The molecule has 0 spiro atoms. The van der Waals surface area contributed by atoms with Crippen LogP contribution in [0.25, 0.3) is 0 Å². The van der Waals surface area contributed by atoms with Gasteiger partial charge in [-0.05, 0) is 19.1 Å². The highest BCUT2D eigenvalue weighted by Gasteiger charge is 2.14. The van der Waals surface area contributed by atoms with Gasteiger partial charge in [-0.25, -0.2) is 14.6 Å². The van der Waals surface area contributed by atoms with Crippen LogP contribution in [-0.2, 0) is 4.79 Å². The van der Waals surface area contributed by atoms with Crippen molar-refractivity contribution in [3.05, 3.63) is 24.0 Å². The van der Waals surface area contributed by atoms with Crippen molar-refractivity contribution < 1.29 is 19.5 Å². The summed E-state index contributed by atoms with van der Waals surface area (Å²) < 4.78 is 0. The molecule has 8 heteroatoms. The van der Waals surface area contributed by atoms with E-state index in [0.717, 1.165) is 0 Å². The monoisotopic (exact) mass is 280 g/mol. The summed E-state index contributed by atoms with van der Waals surface area (Å²) in [5.74, 6) is -1.49. The van der Waals surface area contributed by atoms with E-state index >= 15 is 0 Å². The second kappa shape index (κ2) is 7.07. The highest BCUT2D eigenvalue weighted by Crippen LogP contribution is 2.11. The van der Waals surface area contributed by atoms with Gasteiger partial charge in [0.25, 0.3) is 0 Å². The molecule has 8 nitrogen and oxygen atoms in total. The van der Waals surface area contributed by atoms with Crippen molar-refractivity contribution in [2.45, 2.75) is 6.92 Å². The zero-order valence-corrected chi connectivity index (χ0v) is 11.2. The van der Waals surface area contributed by atoms with E-state index in [1.807, 2.05) is 6.92 Å². The van der Waals surface area contributed by atoms with Crippen LogP contribution in [0.3, 0.4) is 0 Å². The lowest BCUT2D eigenvalue weighted by molar-refractivity contribution is -0.128. The highest BCUT2D eigenvalue weighted by molar-refractivity contribution is 5.99. The summed E-state index contributed by atoms with van der Waals surface area (Å²) >= 11 is 0. The molecule has 0 atom stereocenters.